The van der Waals surface area contributed by atoms with Crippen molar-refractivity contribution >= 4 is 22.8 Å². The number of pyridine rings is 1. The highest BCUT2D eigenvalue weighted by Crippen LogP contribution is 2.34. The van der Waals surface area contributed by atoms with Crippen molar-refractivity contribution in [2.75, 3.05) is 6.54 Å². The minimum Gasteiger partial charge on any atom is -0.481 e. The standard InChI is InChI=1S/C30H28F3N3O3/c31-30(32,33)24-14-22-12-13-36(18-25-11-10-23(17-34-25)20-4-2-1-3-5-20)27(22)26(15-24)28(37)35-16-19-6-8-21(9-7-19)29(38)39/h1-5,10-15,17,19,21H,6-9,16,18H2,(H,35,37)(H,38,39). The van der Waals surface area contributed by atoms with Gasteiger partial charge < -0.3 is 15.0 Å². The van der Waals surface area contributed by atoms with E-state index in [1.165, 1.54) is 0 Å². The van der Waals surface area contributed by atoms with Crippen molar-refractivity contribution in [3.05, 3.63) is 89.9 Å². The van der Waals surface area contributed by atoms with E-state index in [0.717, 1.165) is 23.3 Å². The number of nitrogens with one attached hydrogen (secondary N) is 1. The zero-order valence-electron chi connectivity index (χ0n) is 21.1. The van der Waals surface area contributed by atoms with E-state index in [1.54, 1.807) is 23.0 Å². The lowest BCUT2D eigenvalue weighted by Gasteiger charge is -2.26. The van der Waals surface area contributed by atoms with Gasteiger partial charge in [-0.2, -0.15) is 13.2 Å². The maximum Gasteiger partial charge on any atom is 0.416 e. The van der Waals surface area contributed by atoms with E-state index < -0.39 is 23.6 Å². The summed E-state index contributed by atoms with van der Waals surface area (Å²) in [4.78, 5) is 29.0. The normalized spacial score (nSPS) is 17.7. The molecule has 0 saturated heterocycles. The van der Waals surface area contributed by atoms with Crippen LogP contribution in [0, 0.1) is 11.8 Å². The van der Waals surface area contributed by atoms with Gasteiger partial charge in [0.1, 0.15) is 0 Å². The highest BCUT2D eigenvalue weighted by Gasteiger charge is 2.33. The van der Waals surface area contributed by atoms with Gasteiger partial charge in [0.25, 0.3) is 5.91 Å². The summed E-state index contributed by atoms with van der Waals surface area (Å²) in [5.74, 6) is -1.68. The minimum atomic E-state index is -4.60. The number of amides is 1. The predicted molar refractivity (Wildman–Crippen MR) is 141 cm³/mol. The van der Waals surface area contributed by atoms with Gasteiger partial charge in [-0.05, 0) is 61.4 Å². The lowest BCUT2D eigenvalue weighted by molar-refractivity contribution is -0.143. The SMILES string of the molecule is O=C(NCC1CCC(C(=O)O)CC1)c1cc(C(F)(F)F)cc2ccn(Cc3ccc(-c4ccccc4)cn3)c12. The molecule has 0 atom stereocenters. The number of alkyl halides is 3. The Morgan fingerprint density at radius 3 is 2.36 bits per heavy atom. The molecule has 6 nitrogen and oxygen atoms in total. The number of benzene rings is 2. The molecular weight excluding hydrogens is 507 g/mol. The fourth-order valence-electron chi connectivity index (χ4n) is 5.26. The Hall–Kier alpha value is -4.14. The van der Waals surface area contributed by atoms with Crippen molar-refractivity contribution in [1.29, 1.82) is 0 Å². The fraction of sp³-hybridized carbons (Fsp3) is 0.300. The van der Waals surface area contributed by atoms with Crippen molar-refractivity contribution in [2.45, 2.75) is 38.4 Å². The van der Waals surface area contributed by atoms with Crippen LogP contribution in [0.25, 0.3) is 22.0 Å². The van der Waals surface area contributed by atoms with Gasteiger partial charge >= 0.3 is 12.1 Å². The third kappa shape index (κ3) is 5.97. The molecule has 39 heavy (non-hydrogen) atoms. The zero-order chi connectivity index (χ0) is 27.6. The minimum absolute atomic E-state index is 0.0510. The van der Waals surface area contributed by atoms with Crippen molar-refractivity contribution in [1.82, 2.24) is 14.9 Å². The van der Waals surface area contributed by atoms with Gasteiger partial charge in [0, 0.05) is 29.9 Å². The molecule has 1 saturated carbocycles. The van der Waals surface area contributed by atoms with Crippen LogP contribution in [0.2, 0.25) is 0 Å². The van der Waals surface area contributed by atoms with Crippen LogP contribution in [-0.2, 0) is 17.5 Å². The maximum atomic E-state index is 13.7. The molecular formula is C30H28F3N3O3. The number of hydrogen-bond donors (Lipinski definition) is 2. The van der Waals surface area contributed by atoms with E-state index >= 15 is 0 Å². The van der Waals surface area contributed by atoms with Gasteiger partial charge in [-0.1, -0.05) is 36.4 Å². The lowest BCUT2D eigenvalue weighted by Crippen LogP contribution is -2.32. The first-order valence-corrected chi connectivity index (χ1v) is 12.9. The average Bonchev–Trinajstić information content (AvgIpc) is 3.34. The summed E-state index contributed by atoms with van der Waals surface area (Å²) in [6.45, 7) is 0.565. The molecule has 2 aromatic carbocycles. The van der Waals surface area contributed by atoms with Crippen LogP contribution in [0.5, 0.6) is 0 Å². The van der Waals surface area contributed by atoms with Crippen LogP contribution in [-0.4, -0.2) is 33.1 Å². The van der Waals surface area contributed by atoms with Crippen molar-refractivity contribution in [3.8, 4) is 11.1 Å². The Kier molecular flexibility index (Phi) is 7.41. The number of carboxylic acid groups (broad SMARTS) is 1. The van der Waals surface area contributed by atoms with E-state index in [9.17, 15) is 27.9 Å². The van der Waals surface area contributed by atoms with Crippen molar-refractivity contribution in [2.24, 2.45) is 11.8 Å². The maximum absolute atomic E-state index is 13.7. The molecule has 4 aromatic rings. The number of carbonyl (C=O) groups is 2. The topological polar surface area (TPSA) is 84.2 Å². The Bertz CT molecular complexity index is 1470. The van der Waals surface area contributed by atoms with E-state index in [2.05, 4.69) is 10.3 Å². The third-order valence-electron chi connectivity index (χ3n) is 7.44. The number of carbonyl (C=O) groups excluding carboxylic acids is 1. The third-order valence-corrected chi connectivity index (χ3v) is 7.44. The molecule has 1 aliphatic carbocycles. The molecule has 0 spiro atoms. The molecule has 2 heterocycles. The Balaban J connectivity index is 1.39. The summed E-state index contributed by atoms with van der Waals surface area (Å²) in [5.41, 5.74) is 2.15. The number of nitrogens with zero attached hydrogens (tertiary/aromatic N) is 2. The molecule has 1 amide bonds. The Labute approximate surface area is 223 Å². The second-order valence-electron chi connectivity index (χ2n) is 10.1. The summed E-state index contributed by atoms with van der Waals surface area (Å²) < 4.78 is 42.8. The largest absolute Gasteiger partial charge is 0.481 e. The predicted octanol–water partition coefficient (Wildman–Crippen LogP) is 6.39. The zero-order valence-corrected chi connectivity index (χ0v) is 21.1. The van der Waals surface area contributed by atoms with Crippen LogP contribution < -0.4 is 5.32 Å². The van der Waals surface area contributed by atoms with Crippen molar-refractivity contribution < 1.29 is 27.9 Å². The summed E-state index contributed by atoms with van der Waals surface area (Å²) >= 11 is 0. The molecule has 1 aliphatic rings. The fourth-order valence-corrected chi connectivity index (χ4v) is 5.26. The molecule has 0 radical (unpaired) electrons. The average molecular weight is 536 g/mol. The molecule has 202 valence electrons. The second-order valence-corrected chi connectivity index (χ2v) is 10.1. The first-order valence-electron chi connectivity index (χ1n) is 12.9. The van der Waals surface area contributed by atoms with Crippen LogP contribution in [0.4, 0.5) is 13.2 Å². The summed E-state index contributed by atoms with van der Waals surface area (Å²) in [6, 6.07) is 17.1. The smallest absolute Gasteiger partial charge is 0.416 e. The molecule has 9 heteroatoms. The Morgan fingerprint density at radius 2 is 1.72 bits per heavy atom. The van der Waals surface area contributed by atoms with Crippen LogP contribution in [0.1, 0.15) is 47.3 Å². The number of aromatic nitrogens is 2. The molecule has 0 aliphatic heterocycles. The number of rotatable bonds is 7. The van der Waals surface area contributed by atoms with Crippen LogP contribution in [0.3, 0.4) is 0 Å². The van der Waals surface area contributed by atoms with Gasteiger partial charge in [0.15, 0.2) is 0 Å². The first kappa shape index (κ1) is 26.5. The van der Waals surface area contributed by atoms with Gasteiger partial charge in [-0.15, -0.1) is 0 Å². The summed E-state index contributed by atoms with van der Waals surface area (Å²) in [7, 11) is 0. The van der Waals surface area contributed by atoms with Crippen LogP contribution >= 0.6 is 0 Å². The van der Waals surface area contributed by atoms with Crippen LogP contribution in [0.15, 0.2) is 73.1 Å². The molecule has 2 N–H and O–H groups in total. The number of halogens is 3. The number of hydrogen-bond acceptors (Lipinski definition) is 3. The van der Waals surface area contributed by atoms with Gasteiger partial charge in [0.2, 0.25) is 0 Å². The highest BCUT2D eigenvalue weighted by atomic mass is 19.4. The molecule has 5 rings (SSSR count). The summed E-state index contributed by atoms with van der Waals surface area (Å²) in [6.07, 6.45) is 1.18. The second kappa shape index (κ2) is 10.9. The number of fused-ring (bicyclic) bond motifs is 1. The van der Waals surface area contributed by atoms with E-state index in [-0.39, 0.29) is 30.5 Å². The molecule has 1 fully saturated rings. The van der Waals surface area contributed by atoms with Gasteiger partial charge in [0.05, 0.1) is 34.8 Å². The van der Waals surface area contributed by atoms with Crippen molar-refractivity contribution in [3.63, 3.8) is 0 Å². The van der Waals surface area contributed by atoms with Gasteiger partial charge in [-0.25, -0.2) is 0 Å². The number of aliphatic carboxylic acids is 1. The highest BCUT2D eigenvalue weighted by molar-refractivity contribution is 6.06. The molecule has 0 bridgehead atoms. The first-order chi connectivity index (χ1) is 18.7. The Morgan fingerprint density at radius 1 is 0.974 bits per heavy atom. The van der Waals surface area contributed by atoms with E-state index in [0.29, 0.717) is 42.3 Å². The lowest BCUT2D eigenvalue weighted by atomic mass is 9.82. The molecule has 0 unspecified atom stereocenters. The summed E-state index contributed by atoms with van der Waals surface area (Å²) in [5, 5.41) is 12.3. The van der Waals surface area contributed by atoms with E-state index in [1.807, 2.05) is 42.5 Å². The number of carboxylic acids is 1. The monoisotopic (exact) mass is 535 g/mol. The van der Waals surface area contributed by atoms with Gasteiger partial charge in [-0.3, -0.25) is 14.6 Å². The van der Waals surface area contributed by atoms with E-state index in [4.69, 9.17) is 0 Å². The molecule has 2 aromatic heterocycles. The quantitative estimate of drug-likeness (QED) is 0.287.